The average molecular weight is 300 g/mol. The number of hydrogen-bond acceptors (Lipinski definition) is 4. The molecule has 2 N–H and O–H groups in total. The number of nitrogens with zero attached hydrogens (tertiary/aromatic N) is 2. The fourth-order valence-electron chi connectivity index (χ4n) is 1.80. The molecule has 1 atom stereocenters. The Morgan fingerprint density at radius 2 is 2.24 bits per heavy atom. The minimum atomic E-state index is -0.481. The molecule has 90 valence electrons. The molecule has 1 fully saturated rings. The van der Waals surface area contributed by atoms with Crippen molar-refractivity contribution in [3.63, 3.8) is 0 Å². The van der Waals surface area contributed by atoms with Crippen LogP contribution >= 0.6 is 15.9 Å². The molecule has 0 aliphatic carbocycles. The molecule has 1 aromatic rings. The Hall–Kier alpha value is -1.47. The number of rotatable bonds is 2. The Balaban J connectivity index is 2.32. The van der Waals surface area contributed by atoms with Crippen molar-refractivity contribution in [1.82, 2.24) is 0 Å². The lowest BCUT2D eigenvalue weighted by molar-refractivity contribution is -0.385. The van der Waals surface area contributed by atoms with E-state index < -0.39 is 4.92 Å². The molecule has 0 spiro atoms. The molecule has 1 unspecified atom stereocenters. The molecule has 6 nitrogen and oxygen atoms in total. The van der Waals surface area contributed by atoms with Crippen molar-refractivity contribution in [1.29, 1.82) is 0 Å². The van der Waals surface area contributed by atoms with Crippen LogP contribution in [0.3, 0.4) is 0 Å². The van der Waals surface area contributed by atoms with Gasteiger partial charge in [0.15, 0.2) is 0 Å². The van der Waals surface area contributed by atoms with Crippen LogP contribution < -0.4 is 10.6 Å². The summed E-state index contributed by atoms with van der Waals surface area (Å²) in [5, 5.41) is 10.6. The van der Waals surface area contributed by atoms with E-state index in [1.807, 2.05) is 0 Å². The van der Waals surface area contributed by atoms with Crippen molar-refractivity contribution in [2.24, 2.45) is 5.73 Å². The molecule has 0 bridgehead atoms. The second kappa shape index (κ2) is 4.42. The van der Waals surface area contributed by atoms with E-state index in [1.165, 1.54) is 6.07 Å². The predicted molar refractivity (Wildman–Crippen MR) is 65.7 cm³/mol. The predicted octanol–water partition coefficient (Wildman–Crippen LogP) is 1.42. The fraction of sp³-hybridized carbons (Fsp3) is 0.300. The minimum Gasteiger partial charge on any atom is -0.326 e. The molecule has 2 rings (SSSR count). The first kappa shape index (κ1) is 12.0. The van der Waals surface area contributed by atoms with Gasteiger partial charge in [0, 0.05) is 30.8 Å². The molecule has 0 aromatic heterocycles. The highest BCUT2D eigenvalue weighted by Gasteiger charge is 2.28. The number of carbonyl (C=O) groups excluding carboxylic acids is 1. The van der Waals surface area contributed by atoms with Gasteiger partial charge in [-0.05, 0) is 28.1 Å². The van der Waals surface area contributed by atoms with Gasteiger partial charge in [0.2, 0.25) is 5.91 Å². The Labute approximate surface area is 106 Å². The fourth-order valence-corrected chi connectivity index (χ4v) is 2.31. The van der Waals surface area contributed by atoms with E-state index in [2.05, 4.69) is 15.9 Å². The molecule has 17 heavy (non-hydrogen) atoms. The zero-order valence-corrected chi connectivity index (χ0v) is 10.4. The highest BCUT2D eigenvalue weighted by molar-refractivity contribution is 9.10. The Bertz CT molecular complexity index is 492. The van der Waals surface area contributed by atoms with E-state index in [0.29, 0.717) is 23.1 Å². The van der Waals surface area contributed by atoms with E-state index >= 15 is 0 Å². The third-order valence-electron chi connectivity index (χ3n) is 2.59. The Kier molecular flexibility index (Phi) is 3.12. The summed E-state index contributed by atoms with van der Waals surface area (Å²) < 4.78 is 0.355. The molecule has 1 aliphatic heterocycles. The van der Waals surface area contributed by atoms with Crippen molar-refractivity contribution in [2.75, 3.05) is 11.4 Å². The third kappa shape index (κ3) is 2.29. The van der Waals surface area contributed by atoms with Gasteiger partial charge in [0.1, 0.15) is 0 Å². The Morgan fingerprint density at radius 1 is 1.53 bits per heavy atom. The molecular formula is C10H10BrN3O3. The summed E-state index contributed by atoms with van der Waals surface area (Å²) in [5.41, 5.74) is 6.29. The molecule has 1 aromatic carbocycles. The highest BCUT2D eigenvalue weighted by atomic mass is 79.9. The summed E-state index contributed by atoms with van der Waals surface area (Å²) in [7, 11) is 0. The van der Waals surface area contributed by atoms with Gasteiger partial charge in [0.05, 0.1) is 9.40 Å². The number of carbonyl (C=O) groups is 1. The molecular weight excluding hydrogens is 290 g/mol. The average Bonchev–Trinajstić information content (AvgIpc) is 2.57. The summed E-state index contributed by atoms with van der Waals surface area (Å²) in [4.78, 5) is 23.3. The van der Waals surface area contributed by atoms with Crippen LogP contribution in [0.5, 0.6) is 0 Å². The topological polar surface area (TPSA) is 89.5 Å². The normalized spacial score (nSPS) is 19.8. The number of anilines is 1. The maximum atomic E-state index is 11.6. The van der Waals surface area contributed by atoms with Gasteiger partial charge in [-0.3, -0.25) is 14.9 Å². The molecule has 1 amide bonds. The summed E-state index contributed by atoms with van der Waals surface area (Å²) in [6, 6.07) is 4.32. The molecule has 0 saturated carbocycles. The van der Waals surface area contributed by atoms with Crippen LogP contribution in [0.1, 0.15) is 6.42 Å². The number of nitrogens with two attached hydrogens (primary N) is 1. The first-order valence-electron chi connectivity index (χ1n) is 4.99. The maximum Gasteiger partial charge on any atom is 0.283 e. The van der Waals surface area contributed by atoms with Gasteiger partial charge in [-0.2, -0.15) is 0 Å². The SMILES string of the molecule is NC1CC(=O)N(c2ccc([N+](=O)[O-])c(Br)c2)C1. The van der Waals surface area contributed by atoms with Gasteiger partial charge in [-0.1, -0.05) is 0 Å². The zero-order valence-electron chi connectivity index (χ0n) is 8.80. The van der Waals surface area contributed by atoms with E-state index in [4.69, 9.17) is 5.73 Å². The standard InChI is InChI=1S/C10H10BrN3O3/c11-8-4-7(1-2-9(8)14(16)17)13-5-6(12)3-10(13)15/h1-2,4,6H,3,5,12H2. The molecule has 1 saturated heterocycles. The van der Waals surface area contributed by atoms with E-state index in [-0.39, 0.29) is 17.6 Å². The lowest BCUT2D eigenvalue weighted by atomic mass is 10.2. The number of nitro groups is 1. The summed E-state index contributed by atoms with van der Waals surface area (Å²) >= 11 is 3.12. The quantitative estimate of drug-likeness (QED) is 0.660. The first-order chi connectivity index (χ1) is 7.99. The van der Waals surface area contributed by atoms with Crippen LogP contribution in [-0.4, -0.2) is 23.4 Å². The van der Waals surface area contributed by atoms with Crippen molar-refractivity contribution in [3.8, 4) is 0 Å². The minimum absolute atomic E-state index is 0.0234. The number of hydrogen-bond donors (Lipinski definition) is 1. The van der Waals surface area contributed by atoms with Gasteiger partial charge < -0.3 is 10.6 Å². The summed E-state index contributed by atoms with van der Waals surface area (Å²) in [6.45, 7) is 0.448. The van der Waals surface area contributed by atoms with Crippen molar-refractivity contribution in [3.05, 3.63) is 32.8 Å². The van der Waals surface area contributed by atoms with Crippen LogP contribution in [0, 0.1) is 10.1 Å². The smallest absolute Gasteiger partial charge is 0.283 e. The molecule has 1 aliphatic rings. The zero-order chi connectivity index (χ0) is 12.6. The van der Waals surface area contributed by atoms with Crippen LogP contribution in [0.25, 0.3) is 0 Å². The van der Waals surface area contributed by atoms with Gasteiger partial charge in [0.25, 0.3) is 5.69 Å². The Morgan fingerprint density at radius 3 is 2.71 bits per heavy atom. The van der Waals surface area contributed by atoms with E-state index in [0.717, 1.165) is 0 Å². The monoisotopic (exact) mass is 299 g/mol. The second-order valence-electron chi connectivity index (χ2n) is 3.86. The number of amides is 1. The highest BCUT2D eigenvalue weighted by Crippen LogP contribution is 2.31. The van der Waals surface area contributed by atoms with Crippen LogP contribution in [-0.2, 0) is 4.79 Å². The van der Waals surface area contributed by atoms with Gasteiger partial charge >= 0.3 is 0 Å². The van der Waals surface area contributed by atoms with E-state index in [1.54, 1.807) is 17.0 Å². The molecule has 0 radical (unpaired) electrons. The summed E-state index contributed by atoms with van der Waals surface area (Å²) in [6.07, 6.45) is 0.314. The molecule has 1 heterocycles. The van der Waals surface area contributed by atoms with E-state index in [9.17, 15) is 14.9 Å². The second-order valence-corrected chi connectivity index (χ2v) is 4.72. The lowest BCUT2D eigenvalue weighted by Crippen LogP contribution is -2.27. The first-order valence-corrected chi connectivity index (χ1v) is 5.78. The number of halogens is 1. The van der Waals surface area contributed by atoms with Crippen molar-refractivity contribution in [2.45, 2.75) is 12.5 Å². The third-order valence-corrected chi connectivity index (χ3v) is 3.23. The van der Waals surface area contributed by atoms with Crippen molar-refractivity contribution < 1.29 is 9.72 Å². The molecule has 7 heteroatoms. The van der Waals surface area contributed by atoms with Gasteiger partial charge in [-0.15, -0.1) is 0 Å². The maximum absolute atomic E-state index is 11.6. The van der Waals surface area contributed by atoms with Gasteiger partial charge in [-0.25, -0.2) is 0 Å². The van der Waals surface area contributed by atoms with Crippen LogP contribution in [0.15, 0.2) is 22.7 Å². The number of nitro benzene ring substituents is 1. The largest absolute Gasteiger partial charge is 0.326 e. The summed E-state index contributed by atoms with van der Waals surface area (Å²) in [5.74, 6) is -0.0572. The lowest BCUT2D eigenvalue weighted by Gasteiger charge is -2.16. The van der Waals surface area contributed by atoms with Crippen molar-refractivity contribution >= 4 is 33.2 Å². The van der Waals surface area contributed by atoms with Crippen LogP contribution in [0.4, 0.5) is 11.4 Å². The van der Waals surface area contributed by atoms with Crippen LogP contribution in [0.2, 0.25) is 0 Å². The number of benzene rings is 1.